The summed E-state index contributed by atoms with van der Waals surface area (Å²) in [6.45, 7) is 3.35. The van der Waals surface area contributed by atoms with Gasteiger partial charge < -0.3 is 10.1 Å². The van der Waals surface area contributed by atoms with Crippen LogP contribution in [0.5, 0.6) is 5.75 Å². The summed E-state index contributed by atoms with van der Waals surface area (Å²) in [5.74, 6) is -0.266. The Morgan fingerprint density at radius 3 is 2.57 bits per heavy atom. The van der Waals surface area contributed by atoms with E-state index in [0.717, 1.165) is 5.37 Å². The minimum atomic E-state index is -3.35. The summed E-state index contributed by atoms with van der Waals surface area (Å²) in [4.78, 5) is 17.4. The Bertz CT molecular complexity index is 1150. The first-order valence-electron chi connectivity index (χ1n) is 8.87. The van der Waals surface area contributed by atoms with Crippen molar-refractivity contribution in [2.24, 2.45) is 10.1 Å². The molecule has 0 saturated carbocycles. The van der Waals surface area contributed by atoms with Gasteiger partial charge in [-0.1, -0.05) is 41.4 Å². The van der Waals surface area contributed by atoms with Crippen molar-refractivity contribution in [1.82, 2.24) is 0 Å². The second-order valence-corrected chi connectivity index (χ2v) is 8.97. The van der Waals surface area contributed by atoms with Crippen LogP contribution in [0.2, 0.25) is 10.0 Å². The zero-order valence-electron chi connectivity index (χ0n) is 17.0. The van der Waals surface area contributed by atoms with Crippen LogP contribution < -0.4 is 15.2 Å². The van der Waals surface area contributed by atoms with Gasteiger partial charge in [0.1, 0.15) is 11.4 Å². The Morgan fingerprint density at radius 2 is 1.97 bits per heavy atom. The normalized spacial score (nSPS) is 14.1. The molecule has 0 amide bonds. The highest BCUT2D eigenvalue weighted by molar-refractivity contribution is 8.00. The highest BCUT2D eigenvalue weighted by Crippen LogP contribution is 2.27. The molecule has 6 nitrogen and oxygen atoms in total. The molecule has 2 rings (SSSR count). The first kappa shape index (κ1) is 24.0. The number of rotatable bonds is 7. The van der Waals surface area contributed by atoms with Crippen LogP contribution in [0.3, 0.4) is 0 Å². The highest BCUT2D eigenvalue weighted by Gasteiger charge is 2.17. The van der Waals surface area contributed by atoms with Crippen LogP contribution in [0, 0.1) is 0 Å². The Hall–Kier alpha value is -2.32. The molecule has 3 N–H and O–H groups in total. The van der Waals surface area contributed by atoms with Crippen molar-refractivity contribution >= 4 is 55.5 Å². The average molecular weight is 468 g/mol. The molecule has 1 atom stereocenters. The predicted molar refractivity (Wildman–Crippen MR) is 127 cm³/mol. The van der Waals surface area contributed by atoms with Gasteiger partial charge in [0.25, 0.3) is 0 Å². The lowest BCUT2D eigenvalue weighted by atomic mass is 10.1. The summed E-state index contributed by atoms with van der Waals surface area (Å²) >= 11 is 12.3. The summed E-state index contributed by atoms with van der Waals surface area (Å²) in [7, 11) is -0.195. The summed E-state index contributed by atoms with van der Waals surface area (Å²) in [5.41, 5.74) is 1.83. The first-order chi connectivity index (χ1) is 14.1. The number of methoxy groups -OCH3 is 1. The quantitative estimate of drug-likeness (QED) is 0.359. The number of anilines is 1. The Labute approximate surface area is 186 Å². The van der Waals surface area contributed by atoms with E-state index in [4.69, 9.17) is 33.1 Å². The number of hydrogen-bond donors (Lipinski definition) is 2. The third-order valence-electron chi connectivity index (χ3n) is 4.23. The van der Waals surface area contributed by atoms with E-state index in [-0.39, 0.29) is 10.6 Å². The molecule has 0 heterocycles. The van der Waals surface area contributed by atoms with E-state index in [9.17, 15) is 9.00 Å². The molecule has 30 heavy (non-hydrogen) atoms. The van der Waals surface area contributed by atoms with Gasteiger partial charge in [-0.05, 0) is 38.1 Å². The number of hydrogen-bond acceptors (Lipinski definition) is 5. The lowest BCUT2D eigenvalue weighted by molar-refractivity contribution is -0.109. The molecule has 0 aliphatic rings. The van der Waals surface area contributed by atoms with E-state index in [1.165, 1.54) is 13.2 Å². The van der Waals surface area contributed by atoms with Gasteiger partial charge in [0.15, 0.2) is 0 Å². The SMILES string of the molecule is C/C=C(\N=C(C)c1cccc(Cl)c1Cl)C(=O)C=S(N)(=O)c1cc(NC)ccc1OC. The molecule has 0 saturated heterocycles. The standard InChI is InChI=1S/C21H23Cl2N3O3S/c1-5-17(26-13(2)15-7-6-8-16(22)21(15)23)18(27)12-30(24,28)20-11-14(25-3)9-10-19(20)29-4/h5-12,25H,1-4H3,(H2,24,28)/b17-5-,26-13?. The maximum Gasteiger partial charge on any atom is 0.213 e. The van der Waals surface area contributed by atoms with E-state index in [1.54, 1.807) is 57.3 Å². The van der Waals surface area contributed by atoms with Gasteiger partial charge in [0, 0.05) is 24.0 Å². The fourth-order valence-electron chi connectivity index (χ4n) is 2.65. The molecule has 0 aliphatic carbocycles. The van der Waals surface area contributed by atoms with Gasteiger partial charge in [0.05, 0.1) is 37.1 Å². The highest BCUT2D eigenvalue weighted by atomic mass is 35.5. The molecule has 0 radical (unpaired) electrons. The van der Waals surface area contributed by atoms with E-state index >= 15 is 0 Å². The second-order valence-electron chi connectivity index (χ2n) is 6.22. The van der Waals surface area contributed by atoms with Crippen LogP contribution in [-0.4, -0.2) is 35.2 Å². The van der Waals surface area contributed by atoms with Gasteiger partial charge in [-0.15, -0.1) is 0 Å². The fraction of sp³-hybridized carbons (Fsp3) is 0.190. The lowest BCUT2D eigenvalue weighted by Crippen LogP contribution is -2.22. The maximum atomic E-state index is 13.2. The molecule has 2 aromatic rings. The summed E-state index contributed by atoms with van der Waals surface area (Å²) in [6.07, 6.45) is 1.51. The van der Waals surface area contributed by atoms with Crippen LogP contribution in [0.15, 0.2) is 58.1 Å². The first-order valence-corrected chi connectivity index (χ1v) is 11.3. The largest absolute Gasteiger partial charge is 0.495 e. The molecule has 0 aliphatic heterocycles. The fourth-order valence-corrected chi connectivity index (χ4v) is 4.43. The molecule has 0 spiro atoms. The maximum absolute atomic E-state index is 13.2. The third-order valence-corrected chi connectivity index (χ3v) is 6.62. The lowest BCUT2D eigenvalue weighted by Gasteiger charge is -2.13. The number of halogens is 2. The van der Waals surface area contributed by atoms with Crippen LogP contribution in [0.4, 0.5) is 5.69 Å². The Balaban J connectivity index is 2.49. The zero-order chi connectivity index (χ0) is 22.5. The van der Waals surface area contributed by atoms with Crippen molar-refractivity contribution in [2.75, 3.05) is 19.5 Å². The summed E-state index contributed by atoms with van der Waals surface area (Å²) in [6, 6.07) is 10.1. The van der Waals surface area contributed by atoms with E-state index in [2.05, 4.69) is 10.3 Å². The molecular formula is C21H23Cl2N3O3S. The molecule has 1 unspecified atom stereocenters. The number of ketones is 1. The Morgan fingerprint density at radius 1 is 1.27 bits per heavy atom. The van der Waals surface area contributed by atoms with Crippen LogP contribution in [-0.2, 0) is 14.5 Å². The number of carbonyl (C=O) groups excluding carboxylic acids is 1. The van der Waals surface area contributed by atoms with E-state index < -0.39 is 15.5 Å². The molecule has 0 bridgehead atoms. The van der Waals surface area contributed by atoms with Gasteiger partial charge in [-0.2, -0.15) is 0 Å². The number of nitrogens with one attached hydrogen (secondary N) is 1. The van der Waals surface area contributed by atoms with Crippen LogP contribution >= 0.6 is 23.2 Å². The van der Waals surface area contributed by atoms with Crippen molar-refractivity contribution in [3.8, 4) is 5.75 Å². The monoisotopic (exact) mass is 467 g/mol. The van der Waals surface area contributed by atoms with Crippen molar-refractivity contribution in [1.29, 1.82) is 0 Å². The average Bonchev–Trinajstić information content (AvgIpc) is 2.72. The minimum absolute atomic E-state index is 0.0745. The van der Waals surface area contributed by atoms with E-state index in [0.29, 0.717) is 32.8 Å². The molecule has 160 valence electrons. The Kier molecular flexibility index (Phi) is 8.09. The van der Waals surface area contributed by atoms with Crippen molar-refractivity contribution in [3.05, 3.63) is 63.8 Å². The van der Waals surface area contributed by atoms with Gasteiger partial charge in [-0.25, -0.2) is 9.20 Å². The predicted octanol–water partition coefficient (Wildman–Crippen LogP) is 4.35. The van der Waals surface area contributed by atoms with E-state index in [1.807, 2.05) is 0 Å². The van der Waals surface area contributed by atoms with Crippen LogP contribution in [0.1, 0.15) is 19.4 Å². The third kappa shape index (κ3) is 5.43. The van der Waals surface area contributed by atoms with Gasteiger partial charge in [-0.3, -0.25) is 9.93 Å². The molecule has 2 aromatic carbocycles. The number of aliphatic imine (C=N–C) groups is 1. The number of benzene rings is 2. The van der Waals surface area contributed by atoms with Crippen molar-refractivity contribution in [2.45, 2.75) is 18.7 Å². The second kappa shape index (κ2) is 10.1. The van der Waals surface area contributed by atoms with Crippen molar-refractivity contribution in [3.63, 3.8) is 0 Å². The molecule has 0 fully saturated rings. The molecule has 9 heteroatoms. The van der Waals surface area contributed by atoms with Gasteiger partial charge in [0.2, 0.25) is 5.78 Å². The smallest absolute Gasteiger partial charge is 0.213 e. The summed E-state index contributed by atoms with van der Waals surface area (Å²) in [5, 5.41) is 10.7. The van der Waals surface area contributed by atoms with Crippen LogP contribution in [0.25, 0.3) is 0 Å². The molecular weight excluding hydrogens is 445 g/mol. The number of Topliss-reactive ketones (excluding diaryl/α,β-unsaturated/α-hetero) is 1. The summed E-state index contributed by atoms with van der Waals surface area (Å²) < 4.78 is 18.5. The number of nitrogens with zero attached hydrogens (tertiary/aromatic N) is 1. The number of allylic oxidation sites excluding steroid dienone is 2. The van der Waals surface area contributed by atoms with Gasteiger partial charge >= 0.3 is 0 Å². The number of nitrogens with two attached hydrogens (primary N) is 1. The number of ether oxygens (including phenoxy) is 1. The number of carbonyl (C=O) groups is 1. The van der Waals surface area contributed by atoms with Crippen molar-refractivity contribution < 1.29 is 13.7 Å². The minimum Gasteiger partial charge on any atom is -0.495 e. The topological polar surface area (TPSA) is 93.8 Å². The zero-order valence-corrected chi connectivity index (χ0v) is 19.4. The molecule has 0 aromatic heterocycles.